The maximum Gasteiger partial charge on any atom is 0.149 e. The van der Waals surface area contributed by atoms with E-state index in [0.717, 1.165) is 31.5 Å². The van der Waals surface area contributed by atoms with Crippen molar-refractivity contribution in [3.8, 4) is 10.4 Å². The van der Waals surface area contributed by atoms with Gasteiger partial charge in [-0.3, -0.25) is 0 Å². The van der Waals surface area contributed by atoms with Crippen LogP contribution in [0.3, 0.4) is 0 Å². The lowest BCUT2D eigenvalue weighted by atomic mass is 10.2. The number of benzene rings is 1. The van der Waals surface area contributed by atoms with Gasteiger partial charge in [-0.15, -0.1) is 11.3 Å². The Bertz CT molecular complexity index is 786. The number of anilines is 1. The zero-order chi connectivity index (χ0) is 15.7. The van der Waals surface area contributed by atoms with Crippen molar-refractivity contribution in [2.24, 2.45) is 0 Å². The summed E-state index contributed by atoms with van der Waals surface area (Å²) in [5.74, 6) is 0.844. The monoisotopic (exact) mass is 333 g/mol. The number of hydrogen-bond donors (Lipinski definition) is 1. The predicted molar refractivity (Wildman–Crippen MR) is 92.8 cm³/mol. The van der Waals surface area contributed by atoms with Gasteiger partial charge in [0.05, 0.1) is 16.3 Å². The first-order valence-corrected chi connectivity index (χ1v) is 8.13. The molecule has 4 nitrogen and oxygen atoms in total. The van der Waals surface area contributed by atoms with Crippen molar-refractivity contribution in [3.63, 3.8) is 0 Å². The minimum Gasteiger partial charge on any atom is -0.392 e. The van der Waals surface area contributed by atoms with Crippen LogP contribution in [0.2, 0.25) is 5.02 Å². The number of aliphatic hydroxyl groups is 1. The standard InChI is InChI=1S/C16H16ClN3OS/c1-10(21)8-20(2)16-15-13(18-9-19-16)7-14(22-15)11-3-5-12(17)6-4-11/h3-7,9-10,21H,8H2,1-2H3. The molecule has 0 saturated heterocycles. The third kappa shape index (κ3) is 3.06. The number of likely N-dealkylation sites (N-methyl/N-ethyl adjacent to an activating group) is 1. The summed E-state index contributed by atoms with van der Waals surface area (Å²) in [6, 6.07) is 9.82. The molecule has 0 saturated carbocycles. The molecular formula is C16H16ClN3OS. The predicted octanol–water partition coefficient (Wildman–Crippen LogP) is 3.83. The summed E-state index contributed by atoms with van der Waals surface area (Å²) in [6.07, 6.45) is 1.15. The van der Waals surface area contributed by atoms with Gasteiger partial charge in [-0.2, -0.15) is 0 Å². The van der Waals surface area contributed by atoms with Crippen LogP contribution in [0.4, 0.5) is 5.82 Å². The highest BCUT2D eigenvalue weighted by molar-refractivity contribution is 7.22. The number of nitrogens with zero attached hydrogens (tertiary/aromatic N) is 3. The van der Waals surface area contributed by atoms with Crippen LogP contribution in [0.15, 0.2) is 36.7 Å². The molecule has 3 aromatic rings. The summed E-state index contributed by atoms with van der Waals surface area (Å²) in [7, 11) is 1.93. The van der Waals surface area contributed by atoms with E-state index in [1.165, 1.54) is 0 Å². The van der Waals surface area contributed by atoms with E-state index in [1.54, 1.807) is 24.6 Å². The summed E-state index contributed by atoms with van der Waals surface area (Å²) >= 11 is 7.59. The van der Waals surface area contributed by atoms with Crippen LogP contribution in [0.25, 0.3) is 20.7 Å². The molecule has 0 radical (unpaired) electrons. The smallest absolute Gasteiger partial charge is 0.149 e. The molecule has 0 fully saturated rings. The number of halogens is 1. The minimum atomic E-state index is -0.411. The SMILES string of the molecule is CC(O)CN(C)c1ncnc2cc(-c3ccc(Cl)cc3)sc12. The first-order valence-electron chi connectivity index (χ1n) is 6.94. The van der Waals surface area contributed by atoms with E-state index in [2.05, 4.69) is 16.0 Å². The van der Waals surface area contributed by atoms with Gasteiger partial charge in [-0.25, -0.2) is 9.97 Å². The van der Waals surface area contributed by atoms with Gasteiger partial charge in [-0.1, -0.05) is 23.7 Å². The van der Waals surface area contributed by atoms with Crippen molar-refractivity contribution < 1.29 is 5.11 Å². The van der Waals surface area contributed by atoms with Crippen LogP contribution >= 0.6 is 22.9 Å². The summed E-state index contributed by atoms with van der Waals surface area (Å²) in [4.78, 5) is 11.8. The number of aliphatic hydroxyl groups excluding tert-OH is 1. The van der Waals surface area contributed by atoms with E-state index in [1.807, 2.05) is 36.2 Å². The van der Waals surface area contributed by atoms with E-state index in [4.69, 9.17) is 11.6 Å². The number of rotatable bonds is 4. The second-order valence-electron chi connectivity index (χ2n) is 5.26. The van der Waals surface area contributed by atoms with Gasteiger partial charge in [0.1, 0.15) is 12.1 Å². The average Bonchev–Trinajstić information content (AvgIpc) is 2.90. The lowest BCUT2D eigenvalue weighted by molar-refractivity contribution is 0.201. The highest BCUT2D eigenvalue weighted by Gasteiger charge is 2.14. The summed E-state index contributed by atoms with van der Waals surface area (Å²) in [5, 5.41) is 10.3. The van der Waals surface area contributed by atoms with Crippen molar-refractivity contribution in [1.82, 2.24) is 9.97 Å². The van der Waals surface area contributed by atoms with Crippen LogP contribution in [0, 0.1) is 0 Å². The molecule has 1 N–H and O–H groups in total. The fraction of sp³-hybridized carbons (Fsp3) is 0.250. The second-order valence-corrected chi connectivity index (χ2v) is 6.75. The molecule has 0 aliphatic rings. The first kappa shape index (κ1) is 15.2. The van der Waals surface area contributed by atoms with Crippen molar-refractivity contribution in [1.29, 1.82) is 0 Å². The van der Waals surface area contributed by atoms with E-state index >= 15 is 0 Å². The van der Waals surface area contributed by atoms with Crippen molar-refractivity contribution in [2.45, 2.75) is 13.0 Å². The maximum atomic E-state index is 9.57. The zero-order valence-electron chi connectivity index (χ0n) is 12.3. The summed E-state index contributed by atoms with van der Waals surface area (Å²) in [5.41, 5.74) is 2.02. The molecule has 1 unspecified atom stereocenters. The summed E-state index contributed by atoms with van der Waals surface area (Å²) < 4.78 is 1.02. The normalized spacial score (nSPS) is 12.5. The van der Waals surface area contributed by atoms with Crippen molar-refractivity contribution in [3.05, 3.63) is 41.7 Å². The van der Waals surface area contributed by atoms with Gasteiger partial charge in [-0.05, 0) is 30.7 Å². The van der Waals surface area contributed by atoms with E-state index < -0.39 is 6.10 Å². The fourth-order valence-electron chi connectivity index (χ4n) is 2.35. The van der Waals surface area contributed by atoms with Gasteiger partial charge >= 0.3 is 0 Å². The number of aromatic nitrogens is 2. The maximum absolute atomic E-state index is 9.57. The number of thiophene rings is 1. The molecule has 6 heteroatoms. The van der Waals surface area contributed by atoms with Gasteiger partial charge < -0.3 is 10.0 Å². The number of fused-ring (bicyclic) bond motifs is 1. The zero-order valence-corrected chi connectivity index (χ0v) is 13.9. The van der Waals surface area contributed by atoms with Crippen LogP contribution in [-0.4, -0.2) is 34.8 Å². The molecule has 0 aliphatic heterocycles. The Morgan fingerprint density at radius 2 is 2.00 bits per heavy atom. The van der Waals surface area contributed by atoms with Crippen molar-refractivity contribution in [2.75, 3.05) is 18.5 Å². The molecule has 2 heterocycles. The minimum absolute atomic E-state index is 0.411. The highest BCUT2D eigenvalue weighted by atomic mass is 35.5. The molecule has 0 amide bonds. The molecule has 1 atom stereocenters. The van der Waals surface area contributed by atoms with E-state index in [0.29, 0.717) is 6.54 Å². The Labute approximate surface area is 138 Å². The Kier molecular flexibility index (Phi) is 4.29. The lowest BCUT2D eigenvalue weighted by Crippen LogP contribution is -2.27. The van der Waals surface area contributed by atoms with Gasteiger partial charge in [0.2, 0.25) is 0 Å². The molecule has 2 aromatic heterocycles. The Hall–Kier alpha value is -1.69. The second kappa shape index (κ2) is 6.20. The van der Waals surface area contributed by atoms with E-state index in [9.17, 15) is 5.11 Å². The molecule has 114 valence electrons. The molecule has 1 aromatic carbocycles. The highest BCUT2D eigenvalue weighted by Crippen LogP contribution is 2.36. The summed E-state index contributed by atoms with van der Waals surface area (Å²) in [6.45, 7) is 2.29. The quantitative estimate of drug-likeness (QED) is 0.788. The molecular weight excluding hydrogens is 318 g/mol. The van der Waals surface area contributed by atoms with Gasteiger partial charge in [0.25, 0.3) is 0 Å². The molecule has 0 spiro atoms. The third-order valence-electron chi connectivity index (χ3n) is 3.32. The molecule has 0 bridgehead atoms. The van der Waals surface area contributed by atoms with E-state index in [-0.39, 0.29) is 0 Å². The third-order valence-corrected chi connectivity index (χ3v) is 4.74. The lowest BCUT2D eigenvalue weighted by Gasteiger charge is -2.19. The van der Waals surface area contributed by atoms with Crippen LogP contribution < -0.4 is 4.90 Å². The van der Waals surface area contributed by atoms with Crippen molar-refractivity contribution >= 4 is 39.0 Å². The van der Waals surface area contributed by atoms with Gasteiger partial charge in [0, 0.05) is 23.5 Å². The average molecular weight is 334 g/mol. The number of hydrogen-bond acceptors (Lipinski definition) is 5. The van der Waals surface area contributed by atoms with Gasteiger partial charge in [0.15, 0.2) is 0 Å². The molecule has 3 rings (SSSR count). The fourth-order valence-corrected chi connectivity index (χ4v) is 3.64. The Morgan fingerprint density at radius 1 is 1.27 bits per heavy atom. The van der Waals surface area contributed by atoms with Crippen LogP contribution in [-0.2, 0) is 0 Å². The largest absolute Gasteiger partial charge is 0.392 e. The first-order chi connectivity index (χ1) is 10.5. The van der Waals surface area contributed by atoms with Crippen LogP contribution in [0.5, 0.6) is 0 Å². The topological polar surface area (TPSA) is 49.2 Å². The molecule has 0 aliphatic carbocycles. The Morgan fingerprint density at radius 3 is 2.68 bits per heavy atom. The Balaban J connectivity index is 2.04. The molecule has 22 heavy (non-hydrogen) atoms. The van der Waals surface area contributed by atoms with Crippen LogP contribution in [0.1, 0.15) is 6.92 Å².